The topological polar surface area (TPSA) is 115 Å². The summed E-state index contributed by atoms with van der Waals surface area (Å²) < 4.78 is 6.88. The molecule has 0 aliphatic carbocycles. The van der Waals surface area contributed by atoms with Gasteiger partial charge in [0.05, 0.1) is 12.2 Å². The van der Waals surface area contributed by atoms with Gasteiger partial charge >= 0.3 is 0 Å². The number of rotatable bonds is 5. The highest BCUT2D eigenvalue weighted by Crippen LogP contribution is 2.27. The molecule has 1 N–H and O–H groups in total. The van der Waals surface area contributed by atoms with E-state index in [1.54, 1.807) is 23.3 Å². The lowest BCUT2D eigenvalue weighted by atomic mass is 9.99. The van der Waals surface area contributed by atoms with Crippen LogP contribution in [0.2, 0.25) is 0 Å². The number of carbonyl (C=O) groups excluding carboxylic acids is 1. The third-order valence-electron chi connectivity index (χ3n) is 4.38. The van der Waals surface area contributed by atoms with E-state index >= 15 is 0 Å². The molecular formula is C17H14N8O2S. The van der Waals surface area contributed by atoms with Crippen LogP contribution in [0.1, 0.15) is 0 Å². The molecule has 5 heterocycles. The summed E-state index contributed by atoms with van der Waals surface area (Å²) in [5.41, 5.74) is 0.710. The van der Waals surface area contributed by atoms with Crippen molar-refractivity contribution in [3.05, 3.63) is 48.8 Å². The lowest BCUT2D eigenvalue weighted by Crippen LogP contribution is -2.52. The summed E-state index contributed by atoms with van der Waals surface area (Å²) in [6.07, 6.45) is 6.09. The molecule has 5 rings (SSSR count). The first kappa shape index (κ1) is 16.6. The van der Waals surface area contributed by atoms with Crippen molar-refractivity contribution in [1.29, 1.82) is 0 Å². The van der Waals surface area contributed by atoms with E-state index in [1.807, 2.05) is 22.4 Å². The minimum atomic E-state index is -0.124. The summed E-state index contributed by atoms with van der Waals surface area (Å²) in [4.78, 5) is 31.3. The van der Waals surface area contributed by atoms with Gasteiger partial charge in [-0.25, -0.2) is 24.6 Å². The van der Waals surface area contributed by atoms with Crippen LogP contribution in [-0.2, 0) is 4.79 Å². The molecule has 1 amide bonds. The maximum Gasteiger partial charge on any atom is 0.232 e. The second-order valence-corrected chi connectivity index (χ2v) is 7.04. The predicted molar refractivity (Wildman–Crippen MR) is 101 cm³/mol. The number of furan rings is 1. The van der Waals surface area contributed by atoms with Gasteiger partial charge in [-0.15, -0.1) is 11.3 Å². The Balaban J connectivity index is 1.20. The highest BCUT2D eigenvalue weighted by molar-refractivity contribution is 7.14. The van der Waals surface area contributed by atoms with E-state index in [9.17, 15) is 4.79 Å². The van der Waals surface area contributed by atoms with Gasteiger partial charge in [-0.1, -0.05) is 0 Å². The monoisotopic (exact) mass is 394 g/mol. The maximum absolute atomic E-state index is 12.5. The fourth-order valence-corrected chi connectivity index (χ4v) is 3.57. The second-order valence-electron chi connectivity index (χ2n) is 6.18. The van der Waals surface area contributed by atoms with Crippen molar-refractivity contribution in [2.24, 2.45) is 5.92 Å². The largest absolute Gasteiger partial charge is 0.463 e. The van der Waals surface area contributed by atoms with Gasteiger partial charge in [-0.05, 0) is 12.1 Å². The molecule has 4 aromatic rings. The van der Waals surface area contributed by atoms with Gasteiger partial charge in [-0.2, -0.15) is 5.10 Å². The molecular weight excluding hydrogens is 380 g/mol. The SMILES string of the molecule is O=C(Nc1nc(-c2ccco2)cs1)C1CN(c2cc(-n3cncn3)ncn2)C1. The molecule has 4 aromatic heterocycles. The first-order valence-corrected chi connectivity index (χ1v) is 9.36. The van der Waals surface area contributed by atoms with Gasteiger partial charge in [0.1, 0.15) is 30.5 Å². The quantitative estimate of drug-likeness (QED) is 0.545. The number of thiazole rings is 1. The van der Waals surface area contributed by atoms with Crippen molar-refractivity contribution in [2.45, 2.75) is 0 Å². The Hall–Kier alpha value is -3.60. The van der Waals surface area contributed by atoms with Crippen LogP contribution in [0.5, 0.6) is 0 Å². The van der Waals surface area contributed by atoms with Crippen LogP contribution in [0, 0.1) is 5.92 Å². The fourth-order valence-electron chi connectivity index (χ4n) is 2.87. The zero-order chi connectivity index (χ0) is 18.9. The molecule has 0 atom stereocenters. The standard InChI is InChI=1S/C17H14N8O2S/c26-16(23-17-22-12(7-28-17)13-2-1-3-27-13)11-5-24(6-11)14-4-15(20-9-19-14)25-10-18-8-21-25/h1-4,7-11H,5-6H2,(H,22,23,26). The Kier molecular flexibility index (Phi) is 4.05. The molecule has 10 nitrogen and oxygen atoms in total. The normalized spacial score (nSPS) is 14.1. The van der Waals surface area contributed by atoms with Crippen molar-refractivity contribution in [3.63, 3.8) is 0 Å². The minimum Gasteiger partial charge on any atom is -0.463 e. The highest BCUT2D eigenvalue weighted by Gasteiger charge is 2.34. The number of amides is 1. The summed E-state index contributed by atoms with van der Waals surface area (Å²) in [6.45, 7) is 1.16. The first-order chi connectivity index (χ1) is 13.8. The van der Waals surface area contributed by atoms with Gasteiger partial charge in [0, 0.05) is 24.5 Å². The molecule has 1 aliphatic rings. The van der Waals surface area contributed by atoms with Crippen LogP contribution < -0.4 is 10.2 Å². The van der Waals surface area contributed by atoms with Crippen LogP contribution in [0.15, 0.2) is 53.2 Å². The van der Waals surface area contributed by atoms with Crippen LogP contribution >= 0.6 is 11.3 Å². The summed E-state index contributed by atoms with van der Waals surface area (Å²) in [7, 11) is 0. The van der Waals surface area contributed by atoms with Crippen molar-refractivity contribution in [3.8, 4) is 17.3 Å². The zero-order valence-corrected chi connectivity index (χ0v) is 15.3. The van der Waals surface area contributed by atoms with E-state index in [1.165, 1.54) is 24.0 Å². The van der Waals surface area contributed by atoms with E-state index in [-0.39, 0.29) is 11.8 Å². The zero-order valence-electron chi connectivity index (χ0n) is 14.5. The van der Waals surface area contributed by atoms with Gasteiger partial charge in [-0.3, -0.25) is 4.79 Å². The fraction of sp³-hybridized carbons (Fsp3) is 0.176. The van der Waals surface area contributed by atoms with Crippen molar-refractivity contribution in [1.82, 2.24) is 29.7 Å². The molecule has 11 heteroatoms. The number of carbonyl (C=O) groups is 1. The van der Waals surface area contributed by atoms with Crippen LogP contribution in [0.25, 0.3) is 17.3 Å². The highest BCUT2D eigenvalue weighted by atomic mass is 32.1. The van der Waals surface area contributed by atoms with Gasteiger partial charge < -0.3 is 14.6 Å². The summed E-state index contributed by atoms with van der Waals surface area (Å²) >= 11 is 1.37. The number of hydrogen-bond acceptors (Lipinski definition) is 9. The number of hydrogen-bond donors (Lipinski definition) is 1. The number of nitrogens with one attached hydrogen (secondary N) is 1. The molecule has 0 spiro atoms. The molecule has 0 radical (unpaired) electrons. The molecule has 28 heavy (non-hydrogen) atoms. The lowest BCUT2D eigenvalue weighted by molar-refractivity contribution is -0.120. The molecule has 140 valence electrons. The molecule has 1 aliphatic heterocycles. The van der Waals surface area contributed by atoms with Gasteiger partial charge in [0.15, 0.2) is 16.7 Å². The molecule has 0 aromatic carbocycles. The molecule has 0 saturated carbocycles. The number of aromatic nitrogens is 6. The summed E-state index contributed by atoms with van der Waals surface area (Å²) in [5.74, 6) is 1.88. The molecule has 1 fully saturated rings. The average molecular weight is 394 g/mol. The summed E-state index contributed by atoms with van der Waals surface area (Å²) in [5, 5.41) is 9.35. The molecule has 1 saturated heterocycles. The Morgan fingerprint density at radius 3 is 2.93 bits per heavy atom. The van der Waals surface area contributed by atoms with Crippen LogP contribution in [0.3, 0.4) is 0 Å². The van der Waals surface area contributed by atoms with Crippen LogP contribution in [-0.4, -0.2) is 48.7 Å². The Bertz CT molecular complexity index is 1090. The Morgan fingerprint density at radius 1 is 1.25 bits per heavy atom. The summed E-state index contributed by atoms with van der Waals surface area (Å²) in [6, 6.07) is 5.45. The molecule has 0 unspecified atom stereocenters. The van der Waals surface area contributed by atoms with E-state index < -0.39 is 0 Å². The number of nitrogens with zero attached hydrogens (tertiary/aromatic N) is 7. The Labute approximate surface area is 162 Å². The maximum atomic E-state index is 12.5. The van der Waals surface area contributed by atoms with E-state index in [2.05, 4.69) is 30.4 Å². The van der Waals surface area contributed by atoms with E-state index in [4.69, 9.17) is 4.42 Å². The average Bonchev–Trinajstić information content (AvgIpc) is 3.42. The third-order valence-corrected chi connectivity index (χ3v) is 5.13. The molecule has 0 bridgehead atoms. The Morgan fingerprint density at radius 2 is 2.14 bits per heavy atom. The second kappa shape index (κ2) is 6.85. The van der Waals surface area contributed by atoms with Crippen molar-refractivity contribution >= 4 is 28.2 Å². The smallest absolute Gasteiger partial charge is 0.232 e. The number of anilines is 2. The minimum absolute atomic E-state index is 0.0536. The third kappa shape index (κ3) is 3.11. The van der Waals surface area contributed by atoms with E-state index in [0.29, 0.717) is 35.5 Å². The first-order valence-electron chi connectivity index (χ1n) is 8.48. The van der Waals surface area contributed by atoms with E-state index in [0.717, 1.165) is 5.82 Å². The van der Waals surface area contributed by atoms with Crippen molar-refractivity contribution < 1.29 is 9.21 Å². The lowest BCUT2D eigenvalue weighted by Gasteiger charge is -2.38. The van der Waals surface area contributed by atoms with Gasteiger partial charge in [0.2, 0.25) is 5.91 Å². The van der Waals surface area contributed by atoms with Crippen molar-refractivity contribution in [2.75, 3.05) is 23.3 Å². The van der Waals surface area contributed by atoms with Gasteiger partial charge in [0.25, 0.3) is 0 Å². The van der Waals surface area contributed by atoms with Crippen LogP contribution in [0.4, 0.5) is 10.9 Å². The predicted octanol–water partition coefficient (Wildman–Crippen LogP) is 1.85.